The number of unbranched alkanes of at least 4 members (excludes halogenated alkanes) is 1. The summed E-state index contributed by atoms with van der Waals surface area (Å²) in [5.74, 6) is -1.73. The van der Waals surface area contributed by atoms with Crippen molar-refractivity contribution in [3.63, 3.8) is 0 Å². The second-order valence-corrected chi connectivity index (χ2v) is 9.28. The highest BCUT2D eigenvalue weighted by molar-refractivity contribution is 6.39. The second kappa shape index (κ2) is 13.6. The SMILES string of the molecule is CC(C)(C)OC(=O)[C@H](Cc1ccccc1)NC(=O)c1cc(Cl)c(OCCCCN)c(Cl)c1O.Cl. The summed E-state index contributed by atoms with van der Waals surface area (Å²) in [5.41, 5.74) is 5.37. The van der Waals surface area contributed by atoms with Crippen molar-refractivity contribution in [3.05, 3.63) is 57.6 Å². The molecule has 34 heavy (non-hydrogen) atoms. The first-order valence-corrected chi connectivity index (χ1v) is 11.4. The number of carbonyl (C=O) groups is 2. The lowest BCUT2D eigenvalue weighted by Crippen LogP contribution is -2.45. The molecule has 0 saturated carbocycles. The summed E-state index contributed by atoms with van der Waals surface area (Å²) < 4.78 is 11.0. The van der Waals surface area contributed by atoms with Crippen LogP contribution in [0.1, 0.15) is 49.5 Å². The van der Waals surface area contributed by atoms with Crippen LogP contribution in [0.5, 0.6) is 11.5 Å². The van der Waals surface area contributed by atoms with E-state index in [9.17, 15) is 14.7 Å². The summed E-state index contributed by atoms with van der Waals surface area (Å²) in [4.78, 5) is 25.8. The maximum Gasteiger partial charge on any atom is 0.329 e. The number of hydrogen-bond donors (Lipinski definition) is 3. The van der Waals surface area contributed by atoms with Gasteiger partial charge in [-0.2, -0.15) is 0 Å². The van der Waals surface area contributed by atoms with Gasteiger partial charge in [-0.1, -0.05) is 53.5 Å². The van der Waals surface area contributed by atoms with Gasteiger partial charge in [-0.25, -0.2) is 4.79 Å². The Morgan fingerprint density at radius 3 is 2.38 bits per heavy atom. The van der Waals surface area contributed by atoms with Gasteiger partial charge in [0, 0.05) is 6.42 Å². The zero-order valence-electron chi connectivity index (χ0n) is 19.4. The first-order valence-electron chi connectivity index (χ1n) is 10.6. The van der Waals surface area contributed by atoms with Gasteiger partial charge in [-0.05, 0) is 51.8 Å². The molecule has 0 radical (unpaired) electrons. The molecule has 1 atom stereocenters. The summed E-state index contributed by atoms with van der Waals surface area (Å²) in [7, 11) is 0. The highest BCUT2D eigenvalue weighted by Gasteiger charge is 2.29. The molecule has 0 aliphatic rings. The monoisotopic (exact) mass is 532 g/mol. The fourth-order valence-corrected chi connectivity index (χ4v) is 3.53. The Bertz CT molecular complexity index is 965. The number of nitrogens with one attached hydrogen (secondary N) is 1. The van der Waals surface area contributed by atoms with Crippen LogP contribution in [0.4, 0.5) is 0 Å². The lowest BCUT2D eigenvalue weighted by Gasteiger charge is -2.25. The number of amides is 1. The maximum absolute atomic E-state index is 13.0. The molecule has 0 bridgehead atoms. The van der Waals surface area contributed by atoms with E-state index in [4.69, 9.17) is 38.4 Å². The number of aromatic hydroxyl groups is 1. The summed E-state index contributed by atoms with van der Waals surface area (Å²) in [5, 5.41) is 13.0. The molecule has 4 N–H and O–H groups in total. The Balaban J connectivity index is 0.00000578. The van der Waals surface area contributed by atoms with Crippen molar-refractivity contribution in [2.45, 2.75) is 51.7 Å². The van der Waals surface area contributed by atoms with Crippen LogP contribution in [0.25, 0.3) is 0 Å². The molecule has 2 aromatic rings. The number of phenolic OH excluding ortho intramolecular Hbond substituents is 1. The summed E-state index contributed by atoms with van der Waals surface area (Å²) in [6, 6.07) is 9.46. The van der Waals surface area contributed by atoms with Crippen LogP contribution in [-0.2, 0) is 16.0 Å². The number of phenols is 1. The molecule has 2 rings (SSSR count). The number of hydrogen-bond acceptors (Lipinski definition) is 6. The molecule has 0 fully saturated rings. The quantitative estimate of drug-likeness (QED) is 0.295. The predicted molar refractivity (Wildman–Crippen MR) is 136 cm³/mol. The van der Waals surface area contributed by atoms with Crippen molar-refractivity contribution in [2.24, 2.45) is 5.73 Å². The van der Waals surface area contributed by atoms with E-state index in [1.807, 2.05) is 30.3 Å². The van der Waals surface area contributed by atoms with Crippen molar-refractivity contribution >= 4 is 47.5 Å². The zero-order valence-corrected chi connectivity index (χ0v) is 21.7. The van der Waals surface area contributed by atoms with Crippen LogP contribution < -0.4 is 15.8 Å². The number of benzene rings is 2. The van der Waals surface area contributed by atoms with Gasteiger partial charge < -0.3 is 25.6 Å². The van der Waals surface area contributed by atoms with E-state index in [-0.39, 0.29) is 40.2 Å². The molecule has 0 aromatic heterocycles. The van der Waals surface area contributed by atoms with Crippen LogP contribution in [0.15, 0.2) is 36.4 Å². The van der Waals surface area contributed by atoms with Gasteiger partial charge >= 0.3 is 5.97 Å². The normalized spacial score (nSPS) is 11.8. The van der Waals surface area contributed by atoms with Crippen molar-refractivity contribution < 1.29 is 24.2 Å². The van der Waals surface area contributed by atoms with E-state index in [0.717, 1.165) is 12.0 Å². The van der Waals surface area contributed by atoms with Crippen molar-refractivity contribution in [3.8, 4) is 11.5 Å². The van der Waals surface area contributed by atoms with Crippen LogP contribution in [0.3, 0.4) is 0 Å². The lowest BCUT2D eigenvalue weighted by molar-refractivity contribution is -0.157. The fraction of sp³-hybridized carbons (Fsp3) is 0.417. The summed E-state index contributed by atoms with van der Waals surface area (Å²) in [6.45, 7) is 6.05. The Morgan fingerprint density at radius 1 is 1.15 bits per heavy atom. The highest BCUT2D eigenvalue weighted by atomic mass is 35.5. The number of halogens is 3. The van der Waals surface area contributed by atoms with E-state index < -0.39 is 29.3 Å². The Kier molecular flexibility index (Phi) is 12.0. The number of nitrogens with two attached hydrogens (primary N) is 1. The van der Waals surface area contributed by atoms with Crippen LogP contribution >= 0.6 is 35.6 Å². The molecule has 1 amide bonds. The molecule has 0 aliphatic carbocycles. The minimum atomic E-state index is -0.997. The molecule has 0 saturated heterocycles. The Labute approximate surface area is 216 Å². The van der Waals surface area contributed by atoms with Crippen molar-refractivity contribution in [2.75, 3.05) is 13.2 Å². The second-order valence-electron chi connectivity index (χ2n) is 8.49. The Morgan fingerprint density at radius 2 is 1.79 bits per heavy atom. The molecule has 0 unspecified atom stereocenters. The van der Waals surface area contributed by atoms with E-state index >= 15 is 0 Å². The fourth-order valence-electron chi connectivity index (χ4n) is 2.97. The van der Waals surface area contributed by atoms with Gasteiger partial charge in [0.05, 0.1) is 17.2 Å². The third kappa shape index (κ3) is 8.87. The average Bonchev–Trinajstić information content (AvgIpc) is 2.74. The molecule has 0 aliphatic heterocycles. The largest absolute Gasteiger partial charge is 0.505 e. The first-order chi connectivity index (χ1) is 15.5. The van der Waals surface area contributed by atoms with E-state index in [1.54, 1.807) is 20.8 Å². The number of esters is 1. The summed E-state index contributed by atoms with van der Waals surface area (Å²) >= 11 is 12.5. The van der Waals surface area contributed by atoms with Crippen molar-refractivity contribution in [1.29, 1.82) is 0 Å². The topological polar surface area (TPSA) is 111 Å². The maximum atomic E-state index is 13.0. The van der Waals surface area contributed by atoms with E-state index in [2.05, 4.69) is 5.32 Å². The average molecular weight is 534 g/mol. The van der Waals surface area contributed by atoms with Gasteiger partial charge in [0.25, 0.3) is 5.91 Å². The predicted octanol–water partition coefficient (Wildman–Crippen LogP) is 4.92. The van der Waals surface area contributed by atoms with Gasteiger partial charge in [-0.15, -0.1) is 12.4 Å². The molecule has 7 nitrogen and oxygen atoms in total. The van der Waals surface area contributed by atoms with Crippen LogP contribution in [-0.4, -0.2) is 41.8 Å². The smallest absolute Gasteiger partial charge is 0.329 e. The zero-order chi connectivity index (χ0) is 24.6. The van der Waals surface area contributed by atoms with Crippen LogP contribution in [0.2, 0.25) is 10.0 Å². The van der Waals surface area contributed by atoms with E-state index in [1.165, 1.54) is 6.07 Å². The number of rotatable bonds is 10. The standard InChI is InChI=1S/C24H30Cl2N2O5.ClH/c1-24(2,3)33-23(31)18(13-15-9-5-4-6-10-15)28-22(30)16-14-17(25)21(19(26)20(16)29)32-12-8-7-11-27;/h4-6,9-10,14,18,29H,7-8,11-13,27H2,1-3H3,(H,28,30);1H/t18-;/m0./s1. The minimum absolute atomic E-state index is 0. The van der Waals surface area contributed by atoms with Gasteiger partial charge in [0.1, 0.15) is 16.7 Å². The minimum Gasteiger partial charge on any atom is -0.505 e. The molecular formula is C24H31Cl3N2O5. The van der Waals surface area contributed by atoms with Gasteiger partial charge in [0.15, 0.2) is 11.5 Å². The first kappa shape index (κ1) is 29.8. The van der Waals surface area contributed by atoms with Gasteiger partial charge in [0.2, 0.25) is 0 Å². The third-order valence-electron chi connectivity index (χ3n) is 4.52. The third-order valence-corrected chi connectivity index (χ3v) is 5.15. The molecule has 10 heteroatoms. The highest BCUT2D eigenvalue weighted by Crippen LogP contribution is 2.42. The Hall–Kier alpha value is -2.19. The molecule has 2 aromatic carbocycles. The molecule has 188 valence electrons. The summed E-state index contributed by atoms with van der Waals surface area (Å²) in [6.07, 6.45) is 1.64. The number of carbonyl (C=O) groups excluding carboxylic acids is 2. The number of ether oxygens (including phenoxy) is 2. The molecule has 0 spiro atoms. The van der Waals surface area contributed by atoms with E-state index in [0.29, 0.717) is 19.6 Å². The molecule has 0 heterocycles. The lowest BCUT2D eigenvalue weighted by atomic mass is 10.0. The van der Waals surface area contributed by atoms with Crippen LogP contribution in [0, 0.1) is 0 Å². The van der Waals surface area contributed by atoms with Gasteiger partial charge in [-0.3, -0.25) is 4.79 Å². The molecular weight excluding hydrogens is 503 g/mol. The van der Waals surface area contributed by atoms with Crippen molar-refractivity contribution in [1.82, 2.24) is 5.32 Å².